The number of nitrogens with zero attached hydrogens (tertiary/aromatic N) is 2. The van der Waals surface area contributed by atoms with Crippen LogP contribution in [-0.4, -0.2) is 55.6 Å². The SMILES string of the molecule is COc1cccc(CN2CCC[C@@H]3CN(C(=O)c4cccc(F)c4)CC[C@@H]32)c1OC. The molecule has 0 radical (unpaired) electrons. The van der Waals surface area contributed by atoms with Crippen LogP contribution >= 0.6 is 0 Å². The average Bonchev–Trinajstić information content (AvgIpc) is 2.78. The number of hydrogen-bond donors (Lipinski definition) is 0. The van der Waals surface area contributed by atoms with Gasteiger partial charge in [0.15, 0.2) is 11.5 Å². The van der Waals surface area contributed by atoms with Crippen LogP contribution in [0.25, 0.3) is 0 Å². The van der Waals surface area contributed by atoms with Crippen molar-refractivity contribution in [3.8, 4) is 11.5 Å². The van der Waals surface area contributed by atoms with E-state index in [0.717, 1.165) is 56.0 Å². The molecule has 4 rings (SSSR count). The molecule has 2 heterocycles. The molecule has 0 spiro atoms. The predicted molar refractivity (Wildman–Crippen MR) is 113 cm³/mol. The molecule has 0 saturated carbocycles. The maximum Gasteiger partial charge on any atom is 0.253 e. The fourth-order valence-electron chi connectivity index (χ4n) is 4.99. The number of amides is 1. The first kappa shape index (κ1) is 20.7. The predicted octanol–water partition coefficient (Wildman–Crippen LogP) is 3.97. The zero-order chi connectivity index (χ0) is 21.1. The Labute approximate surface area is 177 Å². The van der Waals surface area contributed by atoms with Gasteiger partial charge < -0.3 is 14.4 Å². The van der Waals surface area contributed by atoms with Crippen molar-refractivity contribution in [3.63, 3.8) is 0 Å². The van der Waals surface area contributed by atoms with E-state index in [1.165, 1.54) is 12.1 Å². The van der Waals surface area contributed by atoms with Gasteiger partial charge in [0.1, 0.15) is 5.82 Å². The molecule has 1 amide bonds. The van der Waals surface area contributed by atoms with Gasteiger partial charge in [0.05, 0.1) is 14.2 Å². The third-order valence-corrected chi connectivity index (χ3v) is 6.40. The standard InChI is InChI=1S/C24H29FN2O3/c1-29-22-10-4-7-19(23(22)30-2)16-26-12-5-8-18-15-27(13-11-21(18)26)24(28)17-6-3-9-20(25)14-17/h3-4,6-7,9-10,14,18,21H,5,8,11-13,15-16H2,1-2H3/t18-,21+/m1/s1. The van der Waals surface area contributed by atoms with Crippen molar-refractivity contribution in [1.82, 2.24) is 9.80 Å². The molecule has 0 aliphatic carbocycles. The number of carbonyl (C=O) groups excluding carboxylic acids is 1. The van der Waals surface area contributed by atoms with Gasteiger partial charge in [0, 0.05) is 36.8 Å². The highest BCUT2D eigenvalue weighted by Gasteiger charge is 2.37. The lowest BCUT2D eigenvalue weighted by atomic mass is 9.83. The smallest absolute Gasteiger partial charge is 0.253 e. The van der Waals surface area contributed by atoms with Crippen LogP contribution in [0.15, 0.2) is 42.5 Å². The number of likely N-dealkylation sites (tertiary alicyclic amines) is 2. The number of benzene rings is 2. The van der Waals surface area contributed by atoms with E-state index < -0.39 is 0 Å². The van der Waals surface area contributed by atoms with Crippen LogP contribution in [0.3, 0.4) is 0 Å². The van der Waals surface area contributed by atoms with E-state index in [1.54, 1.807) is 26.4 Å². The summed E-state index contributed by atoms with van der Waals surface area (Å²) < 4.78 is 24.6. The second-order valence-electron chi connectivity index (χ2n) is 8.14. The molecule has 6 heteroatoms. The maximum atomic E-state index is 13.5. The summed E-state index contributed by atoms with van der Waals surface area (Å²) in [6.45, 7) is 3.27. The number of para-hydroxylation sites is 1. The lowest BCUT2D eigenvalue weighted by Gasteiger charge is -2.47. The first-order valence-electron chi connectivity index (χ1n) is 10.6. The summed E-state index contributed by atoms with van der Waals surface area (Å²) in [4.78, 5) is 17.3. The summed E-state index contributed by atoms with van der Waals surface area (Å²) in [5.74, 6) is 1.54. The van der Waals surface area contributed by atoms with E-state index in [-0.39, 0.29) is 11.7 Å². The van der Waals surface area contributed by atoms with Gasteiger partial charge in [-0.25, -0.2) is 4.39 Å². The summed E-state index contributed by atoms with van der Waals surface area (Å²) in [5, 5.41) is 0. The zero-order valence-corrected chi connectivity index (χ0v) is 17.6. The fraction of sp³-hybridized carbons (Fsp3) is 0.458. The number of halogens is 1. The van der Waals surface area contributed by atoms with Crippen LogP contribution in [0, 0.1) is 11.7 Å². The highest BCUT2D eigenvalue weighted by molar-refractivity contribution is 5.94. The molecule has 2 atom stereocenters. The van der Waals surface area contributed by atoms with E-state index in [2.05, 4.69) is 11.0 Å². The van der Waals surface area contributed by atoms with Crippen LogP contribution in [-0.2, 0) is 6.54 Å². The lowest BCUT2D eigenvalue weighted by molar-refractivity contribution is 0.0172. The monoisotopic (exact) mass is 412 g/mol. The number of carbonyl (C=O) groups is 1. The lowest BCUT2D eigenvalue weighted by Crippen LogP contribution is -2.54. The molecule has 0 aromatic heterocycles. The Morgan fingerprint density at radius 2 is 1.93 bits per heavy atom. The van der Waals surface area contributed by atoms with Crippen LogP contribution < -0.4 is 9.47 Å². The Hall–Kier alpha value is -2.60. The van der Waals surface area contributed by atoms with Gasteiger partial charge in [-0.1, -0.05) is 18.2 Å². The zero-order valence-electron chi connectivity index (χ0n) is 17.6. The van der Waals surface area contributed by atoms with E-state index in [0.29, 0.717) is 24.1 Å². The Balaban J connectivity index is 1.46. The highest BCUT2D eigenvalue weighted by Crippen LogP contribution is 2.36. The van der Waals surface area contributed by atoms with Crippen molar-refractivity contribution >= 4 is 5.91 Å². The van der Waals surface area contributed by atoms with Crippen LogP contribution in [0.4, 0.5) is 4.39 Å². The van der Waals surface area contributed by atoms with Crippen molar-refractivity contribution in [2.45, 2.75) is 31.8 Å². The summed E-state index contributed by atoms with van der Waals surface area (Å²) in [6, 6.07) is 12.4. The first-order chi connectivity index (χ1) is 14.6. The molecule has 2 aliphatic rings. The Morgan fingerprint density at radius 3 is 2.70 bits per heavy atom. The van der Waals surface area contributed by atoms with E-state index in [9.17, 15) is 9.18 Å². The molecule has 0 N–H and O–H groups in total. The second-order valence-corrected chi connectivity index (χ2v) is 8.14. The minimum Gasteiger partial charge on any atom is -0.493 e. The number of fused-ring (bicyclic) bond motifs is 1. The minimum atomic E-state index is -0.369. The van der Waals surface area contributed by atoms with Gasteiger partial charge in [-0.2, -0.15) is 0 Å². The van der Waals surface area contributed by atoms with Crippen LogP contribution in [0.5, 0.6) is 11.5 Å². The number of methoxy groups -OCH3 is 2. The normalized spacial score (nSPS) is 21.8. The van der Waals surface area contributed by atoms with Crippen molar-refractivity contribution in [3.05, 3.63) is 59.4 Å². The summed E-state index contributed by atoms with van der Waals surface area (Å²) in [6.07, 6.45) is 3.15. The summed E-state index contributed by atoms with van der Waals surface area (Å²) >= 11 is 0. The molecule has 2 saturated heterocycles. The van der Waals surface area contributed by atoms with Gasteiger partial charge in [0.2, 0.25) is 0 Å². The van der Waals surface area contributed by atoms with Gasteiger partial charge in [-0.15, -0.1) is 0 Å². The van der Waals surface area contributed by atoms with Gasteiger partial charge in [-0.05, 0) is 56.0 Å². The quantitative estimate of drug-likeness (QED) is 0.745. The molecular formula is C24H29FN2O3. The summed E-state index contributed by atoms with van der Waals surface area (Å²) in [7, 11) is 3.33. The number of ether oxygens (including phenoxy) is 2. The average molecular weight is 413 g/mol. The highest BCUT2D eigenvalue weighted by atomic mass is 19.1. The summed E-state index contributed by atoms with van der Waals surface area (Å²) in [5.41, 5.74) is 1.55. The molecule has 0 unspecified atom stereocenters. The largest absolute Gasteiger partial charge is 0.493 e. The molecule has 0 bridgehead atoms. The fourth-order valence-corrected chi connectivity index (χ4v) is 4.99. The molecule has 160 valence electrons. The van der Waals surface area contributed by atoms with Gasteiger partial charge >= 0.3 is 0 Å². The van der Waals surface area contributed by atoms with E-state index in [4.69, 9.17) is 9.47 Å². The Kier molecular flexibility index (Phi) is 6.23. The van der Waals surface area contributed by atoms with E-state index in [1.807, 2.05) is 17.0 Å². The first-order valence-corrected chi connectivity index (χ1v) is 10.6. The maximum absolute atomic E-state index is 13.5. The van der Waals surface area contributed by atoms with Crippen molar-refractivity contribution in [2.75, 3.05) is 33.9 Å². The molecule has 2 aromatic carbocycles. The molecule has 2 fully saturated rings. The van der Waals surface area contributed by atoms with E-state index >= 15 is 0 Å². The van der Waals surface area contributed by atoms with Crippen molar-refractivity contribution in [2.24, 2.45) is 5.92 Å². The van der Waals surface area contributed by atoms with Crippen molar-refractivity contribution in [1.29, 1.82) is 0 Å². The van der Waals surface area contributed by atoms with Gasteiger partial charge in [0.25, 0.3) is 5.91 Å². The molecule has 2 aromatic rings. The number of piperidine rings is 2. The van der Waals surface area contributed by atoms with Crippen molar-refractivity contribution < 1.29 is 18.7 Å². The topological polar surface area (TPSA) is 42.0 Å². The third kappa shape index (κ3) is 4.15. The minimum absolute atomic E-state index is 0.0699. The van der Waals surface area contributed by atoms with Crippen LogP contribution in [0.2, 0.25) is 0 Å². The molecule has 30 heavy (non-hydrogen) atoms. The molecule has 5 nitrogen and oxygen atoms in total. The van der Waals surface area contributed by atoms with Gasteiger partial charge in [-0.3, -0.25) is 9.69 Å². The second kappa shape index (κ2) is 9.04. The third-order valence-electron chi connectivity index (χ3n) is 6.40. The number of hydrogen-bond acceptors (Lipinski definition) is 4. The Bertz CT molecular complexity index is 904. The van der Waals surface area contributed by atoms with Crippen LogP contribution in [0.1, 0.15) is 35.2 Å². The number of rotatable bonds is 5. The molecule has 2 aliphatic heterocycles. The Morgan fingerprint density at radius 1 is 1.10 bits per heavy atom. The molecular weight excluding hydrogens is 383 g/mol.